The van der Waals surface area contributed by atoms with Crippen LogP contribution in [0.3, 0.4) is 0 Å². The lowest BCUT2D eigenvalue weighted by molar-refractivity contribution is 0.273. The van der Waals surface area contributed by atoms with Gasteiger partial charge in [-0.15, -0.1) is 0 Å². The molecule has 0 aliphatic rings. The third-order valence-electron chi connectivity index (χ3n) is 5.33. The second kappa shape index (κ2) is 9.85. The van der Waals surface area contributed by atoms with Crippen LogP contribution in [0.25, 0.3) is 0 Å². The molecular weight excluding hydrogens is 409 g/mol. The van der Waals surface area contributed by atoms with Gasteiger partial charge in [0.2, 0.25) is 0 Å². The van der Waals surface area contributed by atoms with E-state index in [4.69, 9.17) is 4.74 Å². The van der Waals surface area contributed by atoms with Crippen molar-refractivity contribution in [3.63, 3.8) is 0 Å². The second-order valence-corrected chi connectivity index (χ2v) is 10.8. The fourth-order valence-corrected chi connectivity index (χ4v) is 8.17. The van der Waals surface area contributed by atoms with Crippen LogP contribution >= 0.6 is 7.26 Å². The van der Waals surface area contributed by atoms with Crippen molar-refractivity contribution in [3.8, 4) is 5.75 Å². The fraction of sp³-hybridized carbons (Fsp3) is 0.111. The quantitative estimate of drug-likeness (QED) is 0.326. The molecule has 4 heteroatoms. The zero-order valence-electron chi connectivity index (χ0n) is 17.1. The molecule has 0 atom stereocenters. The Bertz CT molecular complexity index is 1060. The molecule has 0 fully saturated rings. The second-order valence-electron chi connectivity index (χ2n) is 7.30. The number of halogens is 2. The Morgan fingerprint density at radius 3 is 1.81 bits per heavy atom. The van der Waals surface area contributed by atoms with Crippen LogP contribution in [0.4, 0.5) is 8.78 Å². The molecule has 0 N–H and O–H groups in total. The first kappa shape index (κ1) is 21.2. The van der Waals surface area contributed by atoms with Crippen LogP contribution in [0.5, 0.6) is 5.75 Å². The monoisotopic (exact) mass is 433 g/mol. The molecule has 0 aliphatic carbocycles. The van der Waals surface area contributed by atoms with Crippen molar-refractivity contribution in [2.24, 2.45) is 0 Å². The molecule has 0 aromatic heterocycles. The van der Waals surface area contributed by atoms with E-state index in [0.29, 0.717) is 5.75 Å². The molecule has 4 aromatic rings. The lowest BCUT2D eigenvalue weighted by atomic mass is 10.2. The molecule has 4 aromatic carbocycles. The summed E-state index contributed by atoms with van der Waals surface area (Å²) in [4.78, 5) is 0. The molecule has 0 saturated heterocycles. The molecule has 0 heterocycles. The maximum absolute atomic E-state index is 13.6. The topological polar surface area (TPSA) is 9.23 Å². The summed E-state index contributed by atoms with van der Waals surface area (Å²) in [6.07, 6.45) is 0.744. The van der Waals surface area contributed by atoms with Gasteiger partial charge in [0, 0.05) is 6.07 Å². The van der Waals surface area contributed by atoms with Gasteiger partial charge in [-0.25, -0.2) is 8.78 Å². The van der Waals surface area contributed by atoms with E-state index >= 15 is 0 Å². The highest BCUT2D eigenvalue weighted by molar-refractivity contribution is 7.95. The number of ether oxygens (including phenoxy) is 1. The van der Waals surface area contributed by atoms with Crippen LogP contribution in [-0.4, -0.2) is 13.3 Å². The lowest BCUT2D eigenvalue weighted by Crippen LogP contribution is -2.32. The Balaban J connectivity index is 1.95. The number of hydrogen-bond donors (Lipinski definition) is 0. The van der Waals surface area contributed by atoms with Gasteiger partial charge < -0.3 is 4.74 Å². The standard InChI is InChI=1S/C27H24F2OP/c28-18-19-30-24-8-7-13-27(20-24)31(25-9-3-1-4-10-25,26-11-5-2-6-12-26)21-22-14-16-23(29)17-15-22/h1-17,20H,18-19,21H2/q+1. The van der Waals surface area contributed by atoms with Crippen molar-refractivity contribution < 1.29 is 13.5 Å². The van der Waals surface area contributed by atoms with Crippen LogP contribution < -0.4 is 20.7 Å². The molecule has 0 unspecified atom stereocenters. The van der Waals surface area contributed by atoms with E-state index in [1.54, 1.807) is 0 Å². The Labute approximate surface area is 182 Å². The minimum atomic E-state index is -2.15. The fourth-order valence-electron chi connectivity index (χ4n) is 3.92. The minimum absolute atomic E-state index is 0.0313. The summed E-state index contributed by atoms with van der Waals surface area (Å²) in [5, 5.41) is 3.60. The number of alkyl halides is 1. The number of rotatable bonds is 8. The third kappa shape index (κ3) is 4.68. The van der Waals surface area contributed by atoms with Crippen molar-refractivity contribution in [1.29, 1.82) is 0 Å². The van der Waals surface area contributed by atoms with Gasteiger partial charge in [-0.1, -0.05) is 54.6 Å². The first-order chi connectivity index (χ1) is 15.2. The van der Waals surface area contributed by atoms with E-state index in [2.05, 4.69) is 54.6 Å². The first-order valence-electron chi connectivity index (χ1n) is 10.3. The summed E-state index contributed by atoms with van der Waals surface area (Å²) in [5.41, 5.74) is 1.07. The molecular formula is C27H24F2OP+. The normalized spacial score (nSPS) is 11.3. The van der Waals surface area contributed by atoms with Crippen LogP contribution in [0.15, 0.2) is 109 Å². The van der Waals surface area contributed by atoms with Crippen LogP contribution in [0.1, 0.15) is 5.56 Å². The van der Waals surface area contributed by atoms with E-state index in [1.165, 1.54) is 22.7 Å². The van der Waals surface area contributed by atoms with E-state index in [-0.39, 0.29) is 12.4 Å². The summed E-state index contributed by atoms with van der Waals surface area (Å²) in [5.74, 6) is 0.416. The molecule has 4 rings (SSSR count). The highest BCUT2D eigenvalue weighted by Gasteiger charge is 2.45. The van der Waals surface area contributed by atoms with E-state index in [1.807, 2.05) is 42.5 Å². The van der Waals surface area contributed by atoms with Gasteiger partial charge in [-0.05, 0) is 54.1 Å². The van der Waals surface area contributed by atoms with Crippen LogP contribution in [0, 0.1) is 5.82 Å². The average Bonchev–Trinajstić information content (AvgIpc) is 2.84. The zero-order valence-corrected chi connectivity index (χ0v) is 18.0. The van der Waals surface area contributed by atoms with Gasteiger partial charge in [-0.3, -0.25) is 0 Å². The summed E-state index contributed by atoms with van der Waals surface area (Å²) in [7, 11) is -2.15. The SMILES string of the molecule is FCCOc1cccc([P+](Cc2ccc(F)cc2)(c2ccccc2)c2ccccc2)c1. The Hall–Kier alpha value is -3.03. The summed E-state index contributed by atoms with van der Waals surface area (Å²) < 4.78 is 32.0. The molecule has 0 radical (unpaired) electrons. The number of benzene rings is 4. The van der Waals surface area contributed by atoms with Gasteiger partial charge in [0.25, 0.3) is 0 Å². The van der Waals surface area contributed by atoms with Gasteiger partial charge in [0.05, 0.1) is 6.16 Å². The minimum Gasteiger partial charge on any atom is -0.491 e. The number of hydrogen-bond acceptors (Lipinski definition) is 1. The Morgan fingerprint density at radius 1 is 0.645 bits per heavy atom. The van der Waals surface area contributed by atoms with E-state index in [9.17, 15) is 8.78 Å². The molecule has 31 heavy (non-hydrogen) atoms. The van der Waals surface area contributed by atoms with Gasteiger partial charge in [0.15, 0.2) is 0 Å². The maximum Gasteiger partial charge on any atom is 0.123 e. The molecule has 0 aliphatic heterocycles. The zero-order chi connectivity index (χ0) is 21.5. The Kier molecular flexibility index (Phi) is 6.74. The first-order valence-corrected chi connectivity index (χ1v) is 12.2. The highest BCUT2D eigenvalue weighted by atomic mass is 31.2. The van der Waals surface area contributed by atoms with Gasteiger partial charge >= 0.3 is 0 Å². The van der Waals surface area contributed by atoms with Crippen molar-refractivity contribution in [1.82, 2.24) is 0 Å². The maximum atomic E-state index is 13.6. The molecule has 0 bridgehead atoms. The molecule has 156 valence electrons. The highest BCUT2D eigenvalue weighted by Crippen LogP contribution is 2.58. The van der Waals surface area contributed by atoms with Crippen LogP contribution in [0.2, 0.25) is 0 Å². The average molecular weight is 433 g/mol. The smallest absolute Gasteiger partial charge is 0.123 e. The van der Waals surface area contributed by atoms with Crippen molar-refractivity contribution in [2.45, 2.75) is 6.16 Å². The van der Waals surface area contributed by atoms with Crippen molar-refractivity contribution >= 4 is 23.2 Å². The van der Waals surface area contributed by atoms with Gasteiger partial charge in [-0.2, -0.15) is 0 Å². The lowest BCUT2D eigenvalue weighted by Gasteiger charge is -2.28. The summed E-state index contributed by atoms with van der Waals surface area (Å²) >= 11 is 0. The summed E-state index contributed by atoms with van der Waals surface area (Å²) in [6.45, 7) is -0.499. The Morgan fingerprint density at radius 2 is 1.23 bits per heavy atom. The summed E-state index contributed by atoms with van der Waals surface area (Å²) in [6, 6.07) is 35.7. The molecule has 1 nitrogen and oxygen atoms in total. The van der Waals surface area contributed by atoms with Gasteiger partial charge in [0.1, 0.15) is 48.0 Å². The molecule has 0 amide bonds. The largest absolute Gasteiger partial charge is 0.491 e. The predicted octanol–water partition coefficient (Wildman–Crippen LogP) is 5.67. The predicted molar refractivity (Wildman–Crippen MR) is 127 cm³/mol. The molecule has 0 spiro atoms. The van der Waals surface area contributed by atoms with Crippen molar-refractivity contribution in [3.05, 3.63) is 121 Å². The third-order valence-corrected chi connectivity index (χ3v) is 9.69. The van der Waals surface area contributed by atoms with E-state index < -0.39 is 13.9 Å². The molecule has 0 saturated carbocycles. The van der Waals surface area contributed by atoms with Crippen LogP contribution in [-0.2, 0) is 6.16 Å². The van der Waals surface area contributed by atoms with Crippen molar-refractivity contribution in [2.75, 3.05) is 13.3 Å². The van der Waals surface area contributed by atoms with E-state index in [0.717, 1.165) is 17.0 Å².